The molecule has 1 N–H and O–H groups in total. The quantitative estimate of drug-likeness (QED) is 0.602. The van der Waals surface area contributed by atoms with E-state index >= 15 is 0 Å². The molecular formula is C22H18ClF2N3O3. The molecule has 1 aliphatic carbocycles. The predicted octanol–water partition coefficient (Wildman–Crippen LogP) is 5.19. The number of halogens is 3. The van der Waals surface area contributed by atoms with E-state index in [1.807, 2.05) is 17.8 Å². The number of nitrogens with one attached hydrogen (secondary N) is 1. The average Bonchev–Trinajstić information content (AvgIpc) is 3.21. The van der Waals surface area contributed by atoms with Crippen LogP contribution in [-0.4, -0.2) is 21.8 Å². The molecule has 0 spiro atoms. The van der Waals surface area contributed by atoms with Crippen molar-refractivity contribution in [1.29, 1.82) is 0 Å². The van der Waals surface area contributed by atoms with Crippen LogP contribution < -0.4 is 14.8 Å². The molecule has 2 aliphatic rings. The first-order valence-electron chi connectivity index (χ1n) is 9.85. The molecule has 0 unspecified atom stereocenters. The second-order valence-corrected chi connectivity index (χ2v) is 8.04. The van der Waals surface area contributed by atoms with Crippen LogP contribution in [0, 0.1) is 0 Å². The minimum Gasteiger partial charge on any atom is -0.395 e. The Morgan fingerprint density at radius 3 is 2.68 bits per heavy atom. The number of pyridine rings is 1. The first-order valence-corrected chi connectivity index (χ1v) is 10.2. The van der Waals surface area contributed by atoms with Gasteiger partial charge in [-0.3, -0.25) is 4.79 Å². The van der Waals surface area contributed by atoms with Crippen LogP contribution in [0.2, 0.25) is 5.02 Å². The lowest BCUT2D eigenvalue weighted by atomic mass is 9.93. The fourth-order valence-corrected chi connectivity index (χ4v) is 4.41. The van der Waals surface area contributed by atoms with Gasteiger partial charge in [0, 0.05) is 36.6 Å². The number of rotatable bonds is 3. The number of nitrogens with zero attached hydrogens (tertiary/aromatic N) is 2. The first-order chi connectivity index (χ1) is 14.8. The molecule has 160 valence electrons. The van der Waals surface area contributed by atoms with Crippen LogP contribution in [0.1, 0.15) is 34.5 Å². The van der Waals surface area contributed by atoms with Gasteiger partial charge in [0.1, 0.15) is 11.5 Å². The van der Waals surface area contributed by atoms with Crippen LogP contribution >= 0.6 is 11.6 Å². The number of alkyl halides is 2. The Hall–Kier alpha value is -3.13. The Morgan fingerprint density at radius 2 is 1.94 bits per heavy atom. The highest BCUT2D eigenvalue weighted by Gasteiger charge is 2.43. The van der Waals surface area contributed by atoms with Crippen molar-refractivity contribution in [2.24, 2.45) is 7.05 Å². The summed E-state index contributed by atoms with van der Waals surface area (Å²) in [5.74, 6) is -0.0612. The number of hydrogen-bond acceptors (Lipinski definition) is 4. The smallest absolute Gasteiger partial charge is 0.395 e. The van der Waals surface area contributed by atoms with E-state index in [1.165, 1.54) is 23.9 Å². The van der Waals surface area contributed by atoms with E-state index in [9.17, 15) is 13.6 Å². The Bertz CT molecular complexity index is 1190. The van der Waals surface area contributed by atoms with Gasteiger partial charge in [0.15, 0.2) is 11.5 Å². The van der Waals surface area contributed by atoms with Crippen molar-refractivity contribution in [2.45, 2.75) is 32.0 Å². The van der Waals surface area contributed by atoms with Crippen molar-refractivity contribution in [1.82, 2.24) is 9.55 Å². The van der Waals surface area contributed by atoms with Crippen LogP contribution in [0.5, 0.6) is 11.5 Å². The molecular weight excluding hydrogens is 428 g/mol. The molecule has 1 aromatic carbocycles. The summed E-state index contributed by atoms with van der Waals surface area (Å²) in [4.78, 5) is 17.2. The highest BCUT2D eigenvalue weighted by atomic mass is 35.5. The minimum absolute atomic E-state index is 0.102. The number of benzene rings is 1. The van der Waals surface area contributed by atoms with Gasteiger partial charge in [-0.05, 0) is 55.0 Å². The molecule has 5 rings (SSSR count). The zero-order chi connectivity index (χ0) is 21.8. The number of aromatic nitrogens is 2. The number of anilines is 1. The fourth-order valence-electron chi connectivity index (χ4n) is 4.15. The number of carbonyl (C=O) groups excluding carboxylic acids is 1. The van der Waals surface area contributed by atoms with Crippen LogP contribution in [0.25, 0.3) is 11.1 Å². The molecule has 6 nitrogen and oxygen atoms in total. The van der Waals surface area contributed by atoms with Gasteiger partial charge in [0.2, 0.25) is 0 Å². The lowest BCUT2D eigenvalue weighted by molar-refractivity contribution is -0.286. The molecule has 1 amide bonds. The average molecular weight is 446 g/mol. The van der Waals surface area contributed by atoms with E-state index in [-0.39, 0.29) is 22.4 Å². The van der Waals surface area contributed by atoms with Crippen LogP contribution in [-0.2, 0) is 19.9 Å². The van der Waals surface area contributed by atoms with E-state index < -0.39 is 6.29 Å². The van der Waals surface area contributed by atoms with Crippen LogP contribution in [0.4, 0.5) is 14.6 Å². The van der Waals surface area contributed by atoms with Gasteiger partial charge in [-0.25, -0.2) is 4.98 Å². The summed E-state index contributed by atoms with van der Waals surface area (Å²) in [6.45, 7) is 0. The second kappa shape index (κ2) is 7.23. The molecule has 0 bridgehead atoms. The lowest BCUT2D eigenvalue weighted by Crippen LogP contribution is -2.25. The number of amides is 1. The summed E-state index contributed by atoms with van der Waals surface area (Å²) in [5.41, 5.74) is 4.03. The van der Waals surface area contributed by atoms with E-state index in [0.29, 0.717) is 22.6 Å². The van der Waals surface area contributed by atoms with Gasteiger partial charge in [0.25, 0.3) is 5.91 Å². The summed E-state index contributed by atoms with van der Waals surface area (Å²) in [6.07, 6.45) is 3.92. The van der Waals surface area contributed by atoms with Crippen molar-refractivity contribution in [3.63, 3.8) is 0 Å². The zero-order valence-electron chi connectivity index (χ0n) is 16.5. The van der Waals surface area contributed by atoms with Crippen molar-refractivity contribution < 1.29 is 23.0 Å². The number of fused-ring (bicyclic) bond motifs is 2. The van der Waals surface area contributed by atoms with Gasteiger partial charge in [-0.15, -0.1) is 8.78 Å². The monoisotopic (exact) mass is 445 g/mol. The number of ether oxygens (including phenoxy) is 2. The zero-order valence-corrected chi connectivity index (χ0v) is 17.3. The largest absolute Gasteiger partial charge is 0.586 e. The summed E-state index contributed by atoms with van der Waals surface area (Å²) in [6, 6.07) is 5.99. The van der Waals surface area contributed by atoms with E-state index in [0.717, 1.165) is 31.2 Å². The molecule has 1 aliphatic heterocycles. The van der Waals surface area contributed by atoms with E-state index in [4.69, 9.17) is 11.6 Å². The van der Waals surface area contributed by atoms with Gasteiger partial charge < -0.3 is 19.4 Å². The Morgan fingerprint density at radius 1 is 1.19 bits per heavy atom. The SMILES string of the molecule is Cn1cc2c(c1C(=O)Nc1ccc(-c3cc4c(cc3Cl)OC(F)(F)O4)cn1)CCCC2. The van der Waals surface area contributed by atoms with Crippen molar-refractivity contribution >= 4 is 23.3 Å². The third kappa shape index (κ3) is 3.61. The molecule has 2 aromatic heterocycles. The minimum atomic E-state index is -3.72. The number of carbonyl (C=O) groups is 1. The molecule has 9 heteroatoms. The van der Waals surface area contributed by atoms with E-state index in [1.54, 1.807) is 12.1 Å². The van der Waals surface area contributed by atoms with Gasteiger partial charge in [-0.2, -0.15) is 0 Å². The van der Waals surface area contributed by atoms with Crippen molar-refractivity contribution in [3.05, 3.63) is 58.5 Å². The summed E-state index contributed by atoms with van der Waals surface area (Å²) < 4.78 is 37.3. The van der Waals surface area contributed by atoms with Crippen LogP contribution in [0.3, 0.4) is 0 Å². The van der Waals surface area contributed by atoms with Crippen molar-refractivity contribution in [3.8, 4) is 22.6 Å². The maximum absolute atomic E-state index is 13.3. The number of aryl methyl sites for hydroxylation is 2. The summed E-state index contributed by atoms with van der Waals surface area (Å²) in [5, 5.41) is 3.05. The third-order valence-electron chi connectivity index (χ3n) is 5.52. The molecule has 0 fully saturated rings. The maximum Gasteiger partial charge on any atom is 0.586 e. The van der Waals surface area contributed by atoms with Gasteiger partial charge in [0.05, 0.1) is 5.02 Å². The van der Waals surface area contributed by atoms with Crippen LogP contribution in [0.15, 0.2) is 36.7 Å². The van der Waals surface area contributed by atoms with E-state index in [2.05, 4.69) is 19.8 Å². The Balaban J connectivity index is 1.37. The van der Waals surface area contributed by atoms with Crippen molar-refractivity contribution in [2.75, 3.05) is 5.32 Å². The highest BCUT2D eigenvalue weighted by Crippen LogP contribution is 2.46. The molecule has 0 radical (unpaired) electrons. The highest BCUT2D eigenvalue weighted by molar-refractivity contribution is 6.33. The molecule has 0 atom stereocenters. The molecule has 3 heterocycles. The summed E-state index contributed by atoms with van der Waals surface area (Å²) >= 11 is 6.23. The summed E-state index contributed by atoms with van der Waals surface area (Å²) in [7, 11) is 1.87. The molecule has 0 saturated carbocycles. The Labute approximate surface area is 181 Å². The van der Waals surface area contributed by atoms with Gasteiger partial charge in [-0.1, -0.05) is 11.6 Å². The second-order valence-electron chi connectivity index (χ2n) is 7.63. The predicted molar refractivity (Wildman–Crippen MR) is 111 cm³/mol. The standard InChI is InChI=1S/C22H18ClF2N3O3/c1-28-11-13-4-2-3-5-14(13)20(28)21(29)27-19-7-6-12(10-26-19)15-8-17-18(9-16(15)23)31-22(24,25)30-17/h6-11H,2-5H2,1H3,(H,26,27,29). The molecule has 3 aromatic rings. The fraction of sp³-hybridized carbons (Fsp3) is 0.273. The molecule has 0 saturated heterocycles. The van der Waals surface area contributed by atoms with Gasteiger partial charge >= 0.3 is 6.29 Å². The Kier molecular flexibility index (Phi) is 4.62. The third-order valence-corrected chi connectivity index (χ3v) is 5.83. The molecule has 31 heavy (non-hydrogen) atoms. The lowest BCUT2D eigenvalue weighted by Gasteiger charge is -2.13. The first kappa shape index (κ1) is 19.8. The topological polar surface area (TPSA) is 65.4 Å². The normalized spacial score (nSPS) is 16.1. The number of hydrogen-bond donors (Lipinski definition) is 1. The maximum atomic E-state index is 13.3.